The van der Waals surface area contributed by atoms with Crippen LogP contribution < -0.4 is 4.74 Å². The van der Waals surface area contributed by atoms with Crippen molar-refractivity contribution in [3.63, 3.8) is 0 Å². The van der Waals surface area contributed by atoms with Crippen LogP contribution in [0.4, 0.5) is 26.3 Å². The fourth-order valence-electron chi connectivity index (χ4n) is 6.65. The van der Waals surface area contributed by atoms with Crippen LogP contribution in [0.1, 0.15) is 87.8 Å². The lowest BCUT2D eigenvalue weighted by molar-refractivity contribution is 0.0157. The van der Waals surface area contributed by atoms with E-state index in [0.29, 0.717) is 62.7 Å². The molecule has 1 fully saturated rings. The number of benzene rings is 3. The van der Waals surface area contributed by atoms with Gasteiger partial charge in [0.1, 0.15) is 0 Å². The van der Waals surface area contributed by atoms with Gasteiger partial charge in [-0.05, 0) is 112 Å². The lowest BCUT2D eigenvalue weighted by Crippen LogP contribution is -2.23. The second-order valence-electron chi connectivity index (χ2n) is 12.2. The summed E-state index contributed by atoms with van der Waals surface area (Å²) < 4.78 is 100. The zero-order valence-electron chi connectivity index (χ0n) is 26.3. The van der Waals surface area contributed by atoms with E-state index in [-0.39, 0.29) is 47.0 Å². The number of hydrogen-bond donors (Lipinski definition) is 0. The van der Waals surface area contributed by atoms with Gasteiger partial charge in [0.05, 0.1) is 12.7 Å². The van der Waals surface area contributed by atoms with Crippen molar-refractivity contribution in [2.75, 3.05) is 13.2 Å². The largest absolute Gasteiger partial charge is 0.491 e. The van der Waals surface area contributed by atoms with E-state index in [1.54, 1.807) is 19.1 Å². The van der Waals surface area contributed by atoms with E-state index in [9.17, 15) is 17.6 Å². The molecule has 0 aliphatic heterocycles. The van der Waals surface area contributed by atoms with Crippen LogP contribution in [0.2, 0.25) is 0 Å². The first-order chi connectivity index (χ1) is 22.2. The first-order valence-electron chi connectivity index (χ1n) is 16.2. The highest BCUT2D eigenvalue weighted by Gasteiger charge is 2.29. The first kappa shape index (κ1) is 33.8. The molecule has 3 aromatic rings. The Labute approximate surface area is 267 Å². The molecule has 3 aromatic carbocycles. The summed E-state index contributed by atoms with van der Waals surface area (Å²) in [5.74, 6) is -6.50. The van der Waals surface area contributed by atoms with Gasteiger partial charge in [-0.2, -0.15) is 4.39 Å². The number of rotatable bonds is 11. The van der Waals surface area contributed by atoms with Crippen LogP contribution in [0.15, 0.2) is 54.6 Å². The van der Waals surface area contributed by atoms with Crippen molar-refractivity contribution >= 4 is 5.57 Å². The van der Waals surface area contributed by atoms with E-state index >= 15 is 8.78 Å². The molecule has 2 aliphatic rings. The quantitative estimate of drug-likeness (QED) is 0.153. The van der Waals surface area contributed by atoms with Crippen molar-refractivity contribution in [3.05, 3.63) is 106 Å². The average Bonchev–Trinajstić information content (AvgIpc) is 3.07. The number of hydrogen-bond acceptors (Lipinski definition) is 2. The third-order valence-corrected chi connectivity index (χ3v) is 9.29. The van der Waals surface area contributed by atoms with E-state index in [1.165, 1.54) is 24.3 Å². The summed E-state index contributed by atoms with van der Waals surface area (Å²) in [6, 6.07) is 8.54. The van der Waals surface area contributed by atoms with Crippen LogP contribution >= 0.6 is 0 Å². The second kappa shape index (κ2) is 15.4. The molecule has 8 heteroatoms. The van der Waals surface area contributed by atoms with Gasteiger partial charge in [-0.3, -0.25) is 0 Å². The molecule has 0 aromatic heterocycles. The van der Waals surface area contributed by atoms with Gasteiger partial charge in [0.25, 0.3) is 0 Å². The molecule has 0 radical (unpaired) electrons. The van der Waals surface area contributed by atoms with E-state index in [4.69, 9.17) is 9.47 Å². The van der Waals surface area contributed by atoms with Crippen molar-refractivity contribution in [2.45, 2.75) is 83.7 Å². The zero-order valence-corrected chi connectivity index (χ0v) is 26.3. The van der Waals surface area contributed by atoms with Crippen molar-refractivity contribution in [2.24, 2.45) is 5.92 Å². The van der Waals surface area contributed by atoms with Crippen LogP contribution in [0, 0.1) is 40.8 Å². The van der Waals surface area contributed by atoms with Crippen molar-refractivity contribution < 1.29 is 35.8 Å². The van der Waals surface area contributed by atoms with Gasteiger partial charge in [-0.15, -0.1) is 0 Å². The summed E-state index contributed by atoms with van der Waals surface area (Å²) in [5, 5.41) is 0. The van der Waals surface area contributed by atoms with Crippen molar-refractivity contribution in [1.29, 1.82) is 0 Å². The molecular weight excluding hydrogens is 602 g/mol. The van der Waals surface area contributed by atoms with Crippen molar-refractivity contribution in [1.82, 2.24) is 0 Å². The maximum atomic E-state index is 15.2. The summed E-state index contributed by atoms with van der Waals surface area (Å²) in [6.45, 7) is 4.21. The Morgan fingerprint density at radius 3 is 2.09 bits per heavy atom. The zero-order chi connectivity index (χ0) is 32.8. The molecule has 0 spiro atoms. The average molecular weight is 643 g/mol. The van der Waals surface area contributed by atoms with Gasteiger partial charge >= 0.3 is 0 Å². The van der Waals surface area contributed by atoms with Gasteiger partial charge in [0.2, 0.25) is 5.82 Å². The lowest BCUT2D eigenvalue weighted by Gasteiger charge is -2.31. The minimum Gasteiger partial charge on any atom is -0.491 e. The van der Waals surface area contributed by atoms with E-state index in [2.05, 4.69) is 0 Å². The molecule has 0 amide bonds. The fourth-order valence-corrected chi connectivity index (χ4v) is 6.65. The van der Waals surface area contributed by atoms with Gasteiger partial charge in [0.15, 0.2) is 34.8 Å². The van der Waals surface area contributed by atoms with Gasteiger partial charge in [-0.25, -0.2) is 22.0 Å². The molecule has 0 heterocycles. The van der Waals surface area contributed by atoms with Crippen LogP contribution in [0.3, 0.4) is 0 Å². The molecule has 2 aliphatic carbocycles. The minimum atomic E-state index is -1.28. The predicted octanol–water partition coefficient (Wildman–Crippen LogP) is 11.0. The number of halogens is 6. The molecule has 0 saturated heterocycles. The molecule has 246 valence electrons. The molecule has 2 nitrogen and oxygen atoms in total. The highest BCUT2D eigenvalue weighted by Crippen LogP contribution is 2.40. The molecule has 1 unspecified atom stereocenters. The Morgan fingerprint density at radius 2 is 1.41 bits per heavy atom. The predicted molar refractivity (Wildman–Crippen MR) is 169 cm³/mol. The normalized spacial score (nSPS) is 20.3. The number of aryl methyl sites for hydroxylation is 1. The third-order valence-electron chi connectivity index (χ3n) is 9.29. The monoisotopic (exact) mass is 642 g/mol. The standard InChI is InChI=1S/C38H40F6O2/c1-3-5-6-7-26-14-17-28(34(40)33(26)39)25-12-15-27(16-13-25)46-22-23-8-10-24(11-9-23)29-18-19-30(36(42)35(29)41)31-20-21-32(45-4-2)38(44)37(31)43/h3,5,12,14,17-21,23-24,27H,4,6-11,13,15-16,22H2,1-2H3/b5-3+. The summed E-state index contributed by atoms with van der Waals surface area (Å²) in [7, 11) is 0. The maximum absolute atomic E-state index is 15.2. The first-order valence-corrected chi connectivity index (χ1v) is 16.2. The van der Waals surface area contributed by atoms with E-state index in [1.807, 2.05) is 25.2 Å². The summed E-state index contributed by atoms with van der Waals surface area (Å²) in [6.07, 6.45) is 11.7. The number of allylic oxidation sites excluding steroid dienone is 3. The Balaban J connectivity index is 1.13. The topological polar surface area (TPSA) is 18.5 Å². The molecular formula is C38H40F6O2. The molecule has 0 N–H and O–H groups in total. The Kier molecular flexibility index (Phi) is 11.3. The highest BCUT2D eigenvalue weighted by molar-refractivity contribution is 5.68. The molecule has 46 heavy (non-hydrogen) atoms. The van der Waals surface area contributed by atoms with E-state index in [0.717, 1.165) is 18.4 Å². The van der Waals surface area contributed by atoms with Crippen LogP contribution in [-0.4, -0.2) is 19.3 Å². The van der Waals surface area contributed by atoms with E-state index < -0.39 is 34.9 Å². The summed E-state index contributed by atoms with van der Waals surface area (Å²) in [4.78, 5) is 0. The van der Waals surface area contributed by atoms with Crippen LogP contribution in [0.5, 0.6) is 5.75 Å². The third kappa shape index (κ3) is 7.38. The molecule has 1 saturated carbocycles. The molecule has 5 rings (SSSR count). The Bertz CT molecular complexity index is 1590. The molecule has 0 bridgehead atoms. The smallest absolute Gasteiger partial charge is 0.201 e. The Hall–Kier alpha value is -3.52. The Morgan fingerprint density at radius 1 is 0.739 bits per heavy atom. The highest BCUT2D eigenvalue weighted by atomic mass is 19.2. The van der Waals surface area contributed by atoms with Crippen LogP contribution in [-0.2, 0) is 11.2 Å². The second-order valence-corrected chi connectivity index (χ2v) is 12.2. The lowest BCUT2D eigenvalue weighted by atomic mass is 9.78. The van der Waals surface area contributed by atoms with Gasteiger partial charge in [0, 0.05) is 23.3 Å². The SMILES string of the molecule is C/C=C/CCc1ccc(C2=CCC(OCC3CCC(c4ccc(-c5ccc(OCC)c(F)c5F)c(F)c4F)CC3)CC2)c(F)c1F. The van der Waals surface area contributed by atoms with Crippen molar-refractivity contribution in [3.8, 4) is 16.9 Å². The fraction of sp³-hybridized carbons (Fsp3) is 0.421. The molecule has 1 atom stereocenters. The van der Waals surface area contributed by atoms with Crippen LogP contribution in [0.25, 0.3) is 16.7 Å². The minimum absolute atomic E-state index is 0.0126. The van der Waals surface area contributed by atoms with Gasteiger partial charge < -0.3 is 9.47 Å². The number of ether oxygens (including phenoxy) is 2. The summed E-state index contributed by atoms with van der Waals surface area (Å²) in [5.41, 5.74) is 1.04. The maximum Gasteiger partial charge on any atom is 0.201 e. The van der Waals surface area contributed by atoms with Gasteiger partial charge in [-0.1, -0.05) is 42.5 Å². The summed E-state index contributed by atoms with van der Waals surface area (Å²) >= 11 is 0.